The normalized spacial score (nSPS) is 16.0. The Labute approximate surface area is 166 Å². The van der Waals surface area contributed by atoms with Gasteiger partial charge in [-0.25, -0.2) is 13.6 Å². The number of hydrogen-bond acceptors (Lipinski definition) is 3. The van der Waals surface area contributed by atoms with Gasteiger partial charge in [0.25, 0.3) is 0 Å². The fourth-order valence-corrected chi connectivity index (χ4v) is 3.55. The fraction of sp³-hybridized carbons (Fsp3) is 0.368. The first-order valence-electron chi connectivity index (χ1n) is 9.10. The van der Waals surface area contributed by atoms with Crippen molar-refractivity contribution in [1.82, 2.24) is 9.20 Å². The number of aromatic nitrogens is 3. The van der Waals surface area contributed by atoms with Crippen LogP contribution in [-0.4, -0.2) is 34.4 Å². The molecule has 3 aromatic rings. The van der Waals surface area contributed by atoms with Gasteiger partial charge in [-0.1, -0.05) is 16.8 Å². The predicted molar refractivity (Wildman–Crippen MR) is 103 cm³/mol. The molecule has 1 aromatic carbocycles. The second-order valence-electron chi connectivity index (χ2n) is 6.83. The summed E-state index contributed by atoms with van der Waals surface area (Å²) in [5, 5.41) is 4.25. The summed E-state index contributed by atoms with van der Waals surface area (Å²) in [5.74, 6) is -0.338. The Hall–Kier alpha value is -2.58. The zero-order valence-electron chi connectivity index (χ0n) is 15.5. The molecule has 1 saturated heterocycles. The van der Waals surface area contributed by atoms with Crippen LogP contribution in [0.5, 0.6) is 0 Å². The third-order valence-electron chi connectivity index (χ3n) is 4.93. The molecule has 148 valence electrons. The molecule has 0 aliphatic carbocycles. The zero-order chi connectivity index (χ0) is 19.7. The van der Waals surface area contributed by atoms with Crippen molar-refractivity contribution in [3.8, 4) is 0 Å². The number of imidazole rings is 1. The maximum absolute atomic E-state index is 14.8. The third kappa shape index (κ3) is 3.70. The van der Waals surface area contributed by atoms with Crippen molar-refractivity contribution in [2.45, 2.75) is 25.5 Å². The number of nitrogens with zero attached hydrogens (tertiary/aromatic N) is 4. The first-order valence-corrected chi connectivity index (χ1v) is 9.48. The minimum atomic E-state index is -0.436. The molecule has 9 heteroatoms. The van der Waals surface area contributed by atoms with E-state index in [-0.39, 0.29) is 11.9 Å². The Kier molecular flexibility index (Phi) is 5.23. The number of benzene rings is 1. The van der Waals surface area contributed by atoms with Crippen LogP contribution in [0.2, 0.25) is 5.02 Å². The van der Waals surface area contributed by atoms with Crippen LogP contribution in [0.3, 0.4) is 0 Å². The highest BCUT2D eigenvalue weighted by atomic mass is 35.5. The van der Waals surface area contributed by atoms with Crippen LogP contribution < -0.4 is 10.3 Å². The molecule has 7 nitrogen and oxygen atoms in total. The lowest BCUT2D eigenvalue weighted by atomic mass is 10.1. The van der Waals surface area contributed by atoms with E-state index in [1.165, 1.54) is 6.07 Å². The molecule has 2 aromatic heterocycles. The fourth-order valence-electron chi connectivity index (χ4n) is 3.28. The van der Waals surface area contributed by atoms with Crippen LogP contribution >= 0.6 is 11.6 Å². The molecule has 0 amide bonds. The van der Waals surface area contributed by atoms with E-state index in [1.54, 1.807) is 6.07 Å². The maximum Gasteiger partial charge on any atom is 0.307 e. The number of nitrogens with two attached hydrogens (primary N) is 1. The van der Waals surface area contributed by atoms with Gasteiger partial charge in [-0.2, -0.15) is 0 Å². The SMILES string of the molecule is Cn1ccc2n1cc[n+]2Cc1c(F)cc(C(N)=NOC2CCOCC2)cc1Cl. The summed E-state index contributed by atoms with van der Waals surface area (Å²) in [6.07, 6.45) is 7.21. The highest BCUT2D eigenvalue weighted by Crippen LogP contribution is 2.22. The first-order chi connectivity index (χ1) is 13.5. The Bertz CT molecular complexity index is 1000. The molecule has 1 aliphatic heterocycles. The summed E-state index contributed by atoms with van der Waals surface area (Å²) in [7, 11) is 1.93. The predicted octanol–water partition coefficient (Wildman–Crippen LogP) is 2.22. The summed E-state index contributed by atoms with van der Waals surface area (Å²) in [4.78, 5) is 5.45. The van der Waals surface area contributed by atoms with Gasteiger partial charge in [0.2, 0.25) is 0 Å². The van der Waals surface area contributed by atoms with Crippen molar-refractivity contribution in [1.29, 1.82) is 0 Å². The number of aryl methyl sites for hydroxylation is 1. The van der Waals surface area contributed by atoms with Crippen molar-refractivity contribution in [3.63, 3.8) is 0 Å². The van der Waals surface area contributed by atoms with Crippen molar-refractivity contribution in [2.75, 3.05) is 13.2 Å². The van der Waals surface area contributed by atoms with Gasteiger partial charge >= 0.3 is 5.65 Å². The van der Waals surface area contributed by atoms with E-state index >= 15 is 0 Å². The van der Waals surface area contributed by atoms with Crippen molar-refractivity contribution in [3.05, 3.63) is 58.8 Å². The topological polar surface area (TPSA) is 70.1 Å². The monoisotopic (exact) mass is 406 g/mol. The molecular formula is C19H22ClFN5O2+. The molecule has 2 N–H and O–H groups in total. The van der Waals surface area contributed by atoms with Gasteiger partial charge < -0.3 is 15.3 Å². The van der Waals surface area contributed by atoms with E-state index < -0.39 is 5.82 Å². The number of rotatable bonds is 5. The summed E-state index contributed by atoms with van der Waals surface area (Å²) >= 11 is 6.37. The molecule has 0 unspecified atom stereocenters. The quantitative estimate of drug-likeness (QED) is 0.306. The Balaban J connectivity index is 1.54. The van der Waals surface area contributed by atoms with Crippen LogP contribution in [-0.2, 0) is 23.2 Å². The number of oxime groups is 1. The van der Waals surface area contributed by atoms with Gasteiger partial charge in [0.1, 0.15) is 24.7 Å². The number of hydrogen-bond donors (Lipinski definition) is 1. The molecular weight excluding hydrogens is 385 g/mol. The summed E-state index contributed by atoms with van der Waals surface area (Å²) in [6, 6.07) is 4.91. The Morgan fingerprint density at radius 2 is 2.18 bits per heavy atom. The van der Waals surface area contributed by atoms with E-state index in [0.717, 1.165) is 18.5 Å². The van der Waals surface area contributed by atoms with Gasteiger partial charge in [-0.05, 0) is 12.1 Å². The van der Waals surface area contributed by atoms with Crippen LogP contribution in [0.4, 0.5) is 4.39 Å². The lowest BCUT2D eigenvalue weighted by Crippen LogP contribution is -2.33. The Morgan fingerprint density at radius 3 is 2.93 bits per heavy atom. The smallest absolute Gasteiger partial charge is 0.307 e. The van der Waals surface area contributed by atoms with E-state index in [4.69, 9.17) is 26.9 Å². The standard InChI is InChI=1S/C19H22ClFN5O2/c1-24-5-2-18-25(6-7-26(18)24)12-15-16(20)10-13(11-17(15)21)19(22)23-28-14-3-8-27-9-4-14/h2,5-7,10-11,14H,3-4,8-9,12H2,1H3,(H2,22,23)/q+1. The molecule has 0 bridgehead atoms. The largest absolute Gasteiger partial charge is 0.391 e. The zero-order valence-corrected chi connectivity index (χ0v) is 16.3. The molecule has 0 saturated carbocycles. The molecule has 0 atom stereocenters. The third-order valence-corrected chi connectivity index (χ3v) is 5.27. The minimum Gasteiger partial charge on any atom is -0.391 e. The van der Waals surface area contributed by atoms with E-state index in [9.17, 15) is 4.39 Å². The second-order valence-corrected chi connectivity index (χ2v) is 7.24. The van der Waals surface area contributed by atoms with Crippen LogP contribution in [0.25, 0.3) is 5.65 Å². The second kappa shape index (κ2) is 7.81. The average Bonchev–Trinajstić information content (AvgIpc) is 3.26. The Morgan fingerprint density at radius 1 is 1.39 bits per heavy atom. The van der Waals surface area contributed by atoms with E-state index in [0.29, 0.717) is 35.9 Å². The van der Waals surface area contributed by atoms with Crippen molar-refractivity contribution >= 4 is 23.1 Å². The van der Waals surface area contributed by atoms with E-state index in [1.807, 2.05) is 45.5 Å². The minimum absolute atomic E-state index is 0.0357. The summed E-state index contributed by atoms with van der Waals surface area (Å²) in [5.41, 5.74) is 7.70. The van der Waals surface area contributed by atoms with Gasteiger partial charge in [-0.15, -0.1) is 4.52 Å². The average molecular weight is 407 g/mol. The lowest BCUT2D eigenvalue weighted by molar-refractivity contribution is -0.662. The summed E-state index contributed by atoms with van der Waals surface area (Å²) in [6.45, 7) is 1.59. The molecule has 1 fully saturated rings. The van der Waals surface area contributed by atoms with Gasteiger partial charge in [0, 0.05) is 43.3 Å². The molecule has 0 spiro atoms. The highest BCUT2D eigenvalue weighted by molar-refractivity contribution is 6.31. The van der Waals surface area contributed by atoms with Gasteiger partial charge in [-0.3, -0.25) is 0 Å². The van der Waals surface area contributed by atoms with Crippen molar-refractivity contribution < 1.29 is 18.5 Å². The lowest BCUT2D eigenvalue weighted by Gasteiger charge is -2.20. The van der Waals surface area contributed by atoms with Crippen molar-refractivity contribution in [2.24, 2.45) is 17.9 Å². The molecule has 4 rings (SSSR count). The number of halogens is 2. The van der Waals surface area contributed by atoms with Crippen LogP contribution in [0, 0.1) is 5.82 Å². The summed E-state index contributed by atoms with van der Waals surface area (Å²) < 4.78 is 25.9. The highest BCUT2D eigenvalue weighted by Gasteiger charge is 2.19. The number of amidine groups is 1. The van der Waals surface area contributed by atoms with Crippen LogP contribution in [0.1, 0.15) is 24.0 Å². The number of ether oxygens (including phenoxy) is 1. The maximum atomic E-state index is 14.8. The van der Waals surface area contributed by atoms with Gasteiger partial charge in [0.05, 0.1) is 18.2 Å². The molecule has 1 aliphatic rings. The van der Waals surface area contributed by atoms with Crippen LogP contribution in [0.15, 0.2) is 41.9 Å². The van der Waals surface area contributed by atoms with E-state index in [2.05, 4.69) is 5.16 Å². The molecule has 28 heavy (non-hydrogen) atoms. The first kappa shape index (κ1) is 18.8. The molecule has 0 radical (unpaired) electrons. The molecule has 3 heterocycles. The van der Waals surface area contributed by atoms with Gasteiger partial charge in [0.15, 0.2) is 12.0 Å². The number of fused-ring (bicyclic) bond motifs is 1.